The second kappa shape index (κ2) is 7.25. The van der Waals surface area contributed by atoms with Gasteiger partial charge < -0.3 is 10.2 Å². The van der Waals surface area contributed by atoms with E-state index < -0.39 is 0 Å². The monoisotopic (exact) mass is 353 g/mol. The van der Waals surface area contributed by atoms with Gasteiger partial charge in [0.2, 0.25) is 0 Å². The highest BCUT2D eigenvalue weighted by Gasteiger charge is 2.27. The number of anilines is 1. The highest BCUT2D eigenvalue weighted by atomic mass is 79.9. The third-order valence-corrected chi connectivity index (χ3v) is 4.22. The molecule has 2 atom stereocenters. The van der Waals surface area contributed by atoms with Crippen LogP contribution in [-0.2, 0) is 0 Å². The first-order valence-electron chi connectivity index (χ1n) is 7.70. The van der Waals surface area contributed by atoms with Crippen LogP contribution < -0.4 is 5.32 Å². The minimum Gasteiger partial charge on any atom is -0.369 e. The zero-order valence-electron chi connectivity index (χ0n) is 13.0. The number of pyridine rings is 1. The number of hydrogen-bond donors (Lipinski definition) is 1. The van der Waals surface area contributed by atoms with Gasteiger partial charge in [0.05, 0.1) is 5.56 Å². The van der Waals surface area contributed by atoms with Gasteiger partial charge in [-0.1, -0.05) is 20.8 Å². The summed E-state index contributed by atoms with van der Waals surface area (Å²) in [6.07, 6.45) is 3.93. The minimum atomic E-state index is 0.0841. The van der Waals surface area contributed by atoms with Gasteiger partial charge in [0, 0.05) is 30.3 Å². The first-order valence-corrected chi connectivity index (χ1v) is 8.49. The van der Waals surface area contributed by atoms with Crippen molar-refractivity contribution in [2.75, 3.05) is 25.0 Å². The fourth-order valence-corrected chi connectivity index (χ4v) is 3.32. The van der Waals surface area contributed by atoms with Gasteiger partial charge in [-0.15, -0.1) is 0 Å². The lowest BCUT2D eigenvalue weighted by atomic mass is 9.91. The molecule has 4 nitrogen and oxygen atoms in total. The summed E-state index contributed by atoms with van der Waals surface area (Å²) in [5, 5.41) is 3.25. The molecular weight excluding hydrogens is 330 g/mol. The molecular formula is C16H24BrN3O. The van der Waals surface area contributed by atoms with Crippen molar-refractivity contribution < 1.29 is 4.79 Å². The molecule has 0 spiro atoms. The van der Waals surface area contributed by atoms with Gasteiger partial charge in [-0.2, -0.15) is 0 Å². The summed E-state index contributed by atoms with van der Waals surface area (Å²) < 4.78 is 0.839. The predicted molar refractivity (Wildman–Crippen MR) is 89.6 cm³/mol. The maximum Gasteiger partial charge on any atom is 0.257 e. The number of piperidine rings is 1. The van der Waals surface area contributed by atoms with Crippen LogP contribution in [0.5, 0.6) is 0 Å². The van der Waals surface area contributed by atoms with Crippen molar-refractivity contribution in [2.45, 2.75) is 33.6 Å². The standard InChI is InChI=1S/C16H24BrN3O/c1-4-5-18-15-14(7-13(17)8-19-15)16(21)20-9-11(2)6-12(3)10-20/h7-8,11-12H,4-6,9-10H2,1-3H3,(H,18,19). The van der Waals surface area contributed by atoms with Gasteiger partial charge in [-0.25, -0.2) is 4.98 Å². The molecule has 116 valence electrons. The Balaban J connectivity index is 2.22. The van der Waals surface area contributed by atoms with Crippen molar-refractivity contribution in [2.24, 2.45) is 11.8 Å². The Labute approximate surface area is 135 Å². The van der Waals surface area contributed by atoms with E-state index in [1.165, 1.54) is 6.42 Å². The highest BCUT2D eigenvalue weighted by Crippen LogP contribution is 2.25. The van der Waals surface area contributed by atoms with Crippen LogP contribution in [0.1, 0.15) is 44.0 Å². The van der Waals surface area contributed by atoms with Gasteiger partial charge in [0.25, 0.3) is 5.91 Å². The number of carbonyl (C=O) groups excluding carboxylic acids is 1. The van der Waals surface area contributed by atoms with Crippen LogP contribution in [0.15, 0.2) is 16.7 Å². The van der Waals surface area contributed by atoms with Gasteiger partial charge >= 0.3 is 0 Å². The maximum absolute atomic E-state index is 12.9. The molecule has 0 saturated carbocycles. The van der Waals surface area contributed by atoms with Crippen LogP contribution in [0, 0.1) is 11.8 Å². The average molecular weight is 354 g/mol. The molecule has 0 aliphatic carbocycles. The molecule has 0 radical (unpaired) electrons. The van der Waals surface area contributed by atoms with Crippen LogP contribution in [-0.4, -0.2) is 35.4 Å². The number of hydrogen-bond acceptors (Lipinski definition) is 3. The van der Waals surface area contributed by atoms with E-state index in [1.807, 2.05) is 11.0 Å². The third-order valence-electron chi connectivity index (χ3n) is 3.78. The third kappa shape index (κ3) is 4.19. The normalized spacial score (nSPS) is 22.2. The molecule has 0 aromatic carbocycles. The number of aromatic nitrogens is 1. The highest BCUT2D eigenvalue weighted by molar-refractivity contribution is 9.10. The van der Waals surface area contributed by atoms with Crippen molar-refractivity contribution in [1.82, 2.24) is 9.88 Å². The van der Waals surface area contributed by atoms with E-state index in [-0.39, 0.29) is 5.91 Å². The van der Waals surface area contributed by atoms with Crippen molar-refractivity contribution in [3.8, 4) is 0 Å². The van der Waals surface area contributed by atoms with Crippen LogP contribution >= 0.6 is 15.9 Å². The molecule has 2 heterocycles. The minimum absolute atomic E-state index is 0.0841. The van der Waals surface area contributed by atoms with E-state index in [1.54, 1.807) is 6.20 Å². The topological polar surface area (TPSA) is 45.2 Å². The molecule has 1 aliphatic rings. The first-order chi connectivity index (χ1) is 10.0. The average Bonchev–Trinajstić information content (AvgIpc) is 2.44. The van der Waals surface area contributed by atoms with Crippen molar-refractivity contribution in [3.63, 3.8) is 0 Å². The molecule has 1 aromatic rings. The number of rotatable bonds is 4. The van der Waals surface area contributed by atoms with E-state index in [4.69, 9.17) is 0 Å². The van der Waals surface area contributed by atoms with Crippen molar-refractivity contribution >= 4 is 27.7 Å². The molecule has 21 heavy (non-hydrogen) atoms. The maximum atomic E-state index is 12.9. The molecule has 1 N–H and O–H groups in total. The number of nitrogens with zero attached hydrogens (tertiary/aromatic N) is 2. The fraction of sp³-hybridized carbons (Fsp3) is 0.625. The fourth-order valence-electron chi connectivity index (χ4n) is 2.99. The first kappa shape index (κ1) is 16.3. The summed E-state index contributed by atoms with van der Waals surface area (Å²) >= 11 is 3.42. The molecule has 0 bridgehead atoms. The molecule has 5 heteroatoms. The molecule has 1 aromatic heterocycles. The van der Waals surface area contributed by atoms with E-state index >= 15 is 0 Å². The summed E-state index contributed by atoms with van der Waals surface area (Å²) in [5.41, 5.74) is 0.666. The van der Waals surface area contributed by atoms with Crippen molar-refractivity contribution in [3.05, 3.63) is 22.3 Å². The largest absolute Gasteiger partial charge is 0.369 e. The van der Waals surface area contributed by atoms with Gasteiger partial charge in [-0.3, -0.25) is 4.79 Å². The number of halogens is 1. The molecule has 2 rings (SSSR count). The van der Waals surface area contributed by atoms with Crippen LogP contribution in [0.2, 0.25) is 0 Å². The molecule has 1 saturated heterocycles. The molecule has 2 unspecified atom stereocenters. The second-order valence-corrected chi connectivity index (χ2v) is 7.05. The Morgan fingerprint density at radius 1 is 1.43 bits per heavy atom. The van der Waals surface area contributed by atoms with E-state index in [0.717, 1.165) is 30.5 Å². The molecule has 1 aliphatic heterocycles. The smallest absolute Gasteiger partial charge is 0.257 e. The number of likely N-dealkylation sites (tertiary alicyclic amines) is 1. The summed E-state index contributed by atoms with van der Waals surface area (Å²) in [5.74, 6) is 1.89. The van der Waals surface area contributed by atoms with Gasteiger partial charge in [-0.05, 0) is 46.7 Å². The quantitative estimate of drug-likeness (QED) is 0.895. The summed E-state index contributed by atoms with van der Waals surface area (Å²) in [6, 6.07) is 1.87. The van der Waals surface area contributed by atoms with Crippen LogP contribution in [0.25, 0.3) is 0 Å². The zero-order valence-corrected chi connectivity index (χ0v) is 14.6. The lowest BCUT2D eigenvalue weighted by Gasteiger charge is -2.35. The Morgan fingerprint density at radius 2 is 2.10 bits per heavy atom. The lowest BCUT2D eigenvalue weighted by molar-refractivity contribution is 0.0623. The van der Waals surface area contributed by atoms with E-state index in [0.29, 0.717) is 23.2 Å². The SMILES string of the molecule is CCCNc1ncc(Br)cc1C(=O)N1CC(C)CC(C)C1. The van der Waals surface area contributed by atoms with Crippen LogP contribution in [0.4, 0.5) is 5.82 Å². The Hall–Kier alpha value is -1.10. The Kier molecular flexibility index (Phi) is 5.62. The van der Waals surface area contributed by atoms with Crippen LogP contribution in [0.3, 0.4) is 0 Å². The van der Waals surface area contributed by atoms with Gasteiger partial charge in [0.15, 0.2) is 0 Å². The summed E-state index contributed by atoms with van der Waals surface area (Å²) in [4.78, 5) is 19.2. The molecule has 1 fully saturated rings. The predicted octanol–water partition coefficient (Wildman–Crippen LogP) is 3.78. The Bertz CT molecular complexity index is 496. The second-order valence-electron chi connectivity index (χ2n) is 6.13. The van der Waals surface area contributed by atoms with E-state index in [2.05, 4.69) is 47.0 Å². The number of nitrogens with one attached hydrogen (secondary N) is 1. The number of amides is 1. The van der Waals surface area contributed by atoms with Crippen molar-refractivity contribution in [1.29, 1.82) is 0 Å². The summed E-state index contributed by atoms with van der Waals surface area (Å²) in [7, 11) is 0. The van der Waals surface area contributed by atoms with Gasteiger partial charge in [0.1, 0.15) is 5.82 Å². The number of carbonyl (C=O) groups is 1. The Morgan fingerprint density at radius 3 is 2.71 bits per heavy atom. The zero-order chi connectivity index (χ0) is 15.4. The van der Waals surface area contributed by atoms with E-state index in [9.17, 15) is 4.79 Å². The molecule has 1 amide bonds. The summed E-state index contributed by atoms with van der Waals surface area (Å²) in [6.45, 7) is 9.02. The lowest BCUT2D eigenvalue weighted by Crippen LogP contribution is -2.42.